The van der Waals surface area contributed by atoms with Crippen molar-refractivity contribution in [2.45, 2.75) is 26.0 Å². The van der Waals surface area contributed by atoms with E-state index < -0.39 is 0 Å². The van der Waals surface area contributed by atoms with Crippen LogP contribution in [0.2, 0.25) is 0 Å². The lowest BCUT2D eigenvalue weighted by molar-refractivity contribution is -0.178. The number of methoxy groups -OCH3 is 1. The molecule has 0 unspecified atom stereocenters. The van der Waals surface area contributed by atoms with Crippen LogP contribution in [0.4, 0.5) is 21.7 Å². The van der Waals surface area contributed by atoms with Gasteiger partial charge < -0.3 is 14.5 Å². The molecule has 6 nitrogen and oxygen atoms in total. The van der Waals surface area contributed by atoms with Crippen LogP contribution in [0.15, 0.2) is 60.7 Å². The third kappa shape index (κ3) is 4.26. The first-order valence-corrected chi connectivity index (χ1v) is 11.0. The van der Waals surface area contributed by atoms with E-state index in [0.29, 0.717) is 25.6 Å². The Labute approximate surface area is 187 Å². The second-order valence-corrected chi connectivity index (χ2v) is 8.14. The first-order chi connectivity index (χ1) is 15.7. The van der Waals surface area contributed by atoms with Crippen LogP contribution in [0.3, 0.4) is 0 Å². The minimum atomic E-state index is -0.273. The van der Waals surface area contributed by atoms with Crippen LogP contribution in [0.5, 0.6) is 5.75 Å². The smallest absolute Gasteiger partial charge is 0.167 e. The van der Waals surface area contributed by atoms with Gasteiger partial charge in [-0.1, -0.05) is 30.3 Å². The van der Waals surface area contributed by atoms with E-state index in [9.17, 15) is 0 Å². The van der Waals surface area contributed by atoms with Crippen molar-refractivity contribution >= 4 is 17.3 Å². The summed E-state index contributed by atoms with van der Waals surface area (Å²) >= 11 is 0. The van der Waals surface area contributed by atoms with Crippen LogP contribution in [0.1, 0.15) is 24.0 Å². The zero-order chi connectivity index (χ0) is 21.9. The van der Waals surface area contributed by atoms with Crippen molar-refractivity contribution in [3.05, 3.63) is 77.6 Å². The van der Waals surface area contributed by atoms with Gasteiger partial charge >= 0.3 is 0 Å². The fourth-order valence-corrected chi connectivity index (χ4v) is 4.27. The maximum atomic E-state index is 15.0. The molecule has 0 amide bonds. The fourth-order valence-electron chi connectivity index (χ4n) is 4.27. The van der Waals surface area contributed by atoms with Gasteiger partial charge in [0.2, 0.25) is 0 Å². The lowest BCUT2D eigenvalue weighted by Crippen LogP contribution is -2.40. The summed E-state index contributed by atoms with van der Waals surface area (Å²) in [6.45, 7) is 3.10. The Morgan fingerprint density at radius 2 is 1.72 bits per heavy atom. The quantitative estimate of drug-likeness (QED) is 0.551. The average molecular weight is 435 g/mol. The van der Waals surface area contributed by atoms with Gasteiger partial charge in [0.05, 0.1) is 20.3 Å². The highest BCUT2D eigenvalue weighted by Crippen LogP contribution is 2.36. The summed E-state index contributed by atoms with van der Waals surface area (Å²) in [5, 5.41) is 1.86. The van der Waals surface area contributed by atoms with Crippen molar-refractivity contribution in [1.82, 2.24) is 10.0 Å². The number of hydrogen-bond donors (Lipinski definition) is 0. The zero-order valence-electron chi connectivity index (χ0n) is 18.2. The SMILES string of the molecule is COc1ccc(N2CN(OCc3ccccc3)Cc3cc(F)c(N4CCCC4)nc32)cc1. The first-order valence-electron chi connectivity index (χ1n) is 11.0. The van der Waals surface area contributed by atoms with E-state index in [1.165, 1.54) is 0 Å². The fraction of sp³-hybridized carbons (Fsp3) is 0.320. The standard InChI is InChI=1S/C25H27FN4O2/c1-31-22-11-9-21(10-12-22)30-18-29(32-17-19-7-3-2-4-8-19)16-20-15-23(26)25(27-24(20)30)28-13-5-6-14-28/h2-4,7-12,15H,5-6,13-14,16-18H2,1H3. The molecule has 2 aliphatic rings. The normalized spacial score (nSPS) is 16.3. The Balaban J connectivity index is 1.47. The molecule has 0 saturated carbocycles. The van der Waals surface area contributed by atoms with Gasteiger partial charge in [0.25, 0.3) is 0 Å². The first kappa shape index (κ1) is 20.7. The van der Waals surface area contributed by atoms with Crippen molar-refractivity contribution in [2.24, 2.45) is 0 Å². The Kier molecular flexibility index (Phi) is 5.92. The van der Waals surface area contributed by atoms with E-state index in [0.717, 1.165) is 54.3 Å². The van der Waals surface area contributed by atoms with Crippen LogP contribution >= 0.6 is 0 Å². The van der Waals surface area contributed by atoms with Gasteiger partial charge in [-0.2, -0.15) is 5.06 Å². The molecule has 1 aromatic heterocycles. The maximum absolute atomic E-state index is 15.0. The van der Waals surface area contributed by atoms with Gasteiger partial charge in [-0.3, -0.25) is 4.84 Å². The van der Waals surface area contributed by atoms with Crippen molar-refractivity contribution in [2.75, 3.05) is 36.7 Å². The van der Waals surface area contributed by atoms with Crippen LogP contribution in [0, 0.1) is 5.82 Å². The highest BCUT2D eigenvalue weighted by molar-refractivity contribution is 5.67. The number of ether oxygens (including phenoxy) is 1. The molecular formula is C25H27FN4O2. The summed E-state index contributed by atoms with van der Waals surface area (Å²) in [6.07, 6.45) is 2.14. The molecule has 0 spiro atoms. The summed E-state index contributed by atoms with van der Waals surface area (Å²) < 4.78 is 20.3. The predicted octanol–water partition coefficient (Wildman–Crippen LogP) is 4.87. The third-order valence-electron chi connectivity index (χ3n) is 5.96. The number of benzene rings is 2. The van der Waals surface area contributed by atoms with Crippen molar-refractivity contribution in [3.8, 4) is 5.75 Å². The second kappa shape index (κ2) is 9.14. The molecule has 0 N–H and O–H groups in total. The number of rotatable bonds is 6. The number of nitrogens with zero attached hydrogens (tertiary/aromatic N) is 4. The molecule has 1 fully saturated rings. The van der Waals surface area contributed by atoms with Gasteiger partial charge in [0, 0.05) is 24.3 Å². The molecule has 0 atom stereocenters. The number of anilines is 3. The topological polar surface area (TPSA) is 41.1 Å². The molecule has 5 rings (SSSR count). The molecule has 3 aromatic rings. The molecule has 7 heteroatoms. The molecule has 32 heavy (non-hydrogen) atoms. The Morgan fingerprint density at radius 3 is 2.44 bits per heavy atom. The van der Waals surface area contributed by atoms with Crippen molar-refractivity contribution in [3.63, 3.8) is 0 Å². The van der Waals surface area contributed by atoms with E-state index >= 15 is 4.39 Å². The van der Waals surface area contributed by atoms with Gasteiger partial charge in [-0.25, -0.2) is 9.37 Å². The molecule has 2 aliphatic heterocycles. The predicted molar refractivity (Wildman–Crippen MR) is 122 cm³/mol. The Morgan fingerprint density at radius 1 is 0.969 bits per heavy atom. The number of fused-ring (bicyclic) bond motifs is 1. The lowest BCUT2D eigenvalue weighted by atomic mass is 10.1. The molecule has 166 valence electrons. The maximum Gasteiger partial charge on any atom is 0.167 e. The second-order valence-electron chi connectivity index (χ2n) is 8.14. The molecule has 3 heterocycles. The summed E-state index contributed by atoms with van der Waals surface area (Å²) in [7, 11) is 1.65. The Bertz CT molecular complexity index is 1060. The van der Waals surface area contributed by atoms with Gasteiger partial charge in [-0.15, -0.1) is 0 Å². The monoisotopic (exact) mass is 434 g/mol. The molecular weight excluding hydrogens is 407 g/mol. The molecule has 0 bridgehead atoms. The zero-order valence-corrected chi connectivity index (χ0v) is 18.2. The largest absolute Gasteiger partial charge is 0.497 e. The van der Waals surface area contributed by atoms with E-state index in [4.69, 9.17) is 14.6 Å². The van der Waals surface area contributed by atoms with E-state index in [1.807, 2.05) is 64.6 Å². The summed E-state index contributed by atoms with van der Waals surface area (Å²) in [4.78, 5) is 15.0. The Hall–Kier alpha value is -3.16. The number of halogens is 1. The average Bonchev–Trinajstić information content (AvgIpc) is 3.37. The highest BCUT2D eigenvalue weighted by atomic mass is 19.1. The van der Waals surface area contributed by atoms with Crippen LogP contribution in [-0.4, -0.2) is 36.9 Å². The van der Waals surface area contributed by atoms with Crippen molar-refractivity contribution < 1.29 is 14.0 Å². The van der Waals surface area contributed by atoms with Gasteiger partial charge in [-0.05, 0) is 48.7 Å². The van der Waals surface area contributed by atoms with Gasteiger partial charge in [0.1, 0.15) is 18.2 Å². The number of hydroxylamine groups is 2. The van der Waals surface area contributed by atoms with Crippen LogP contribution in [-0.2, 0) is 18.0 Å². The summed E-state index contributed by atoms with van der Waals surface area (Å²) in [6, 6.07) is 19.5. The molecule has 2 aromatic carbocycles. The molecule has 1 saturated heterocycles. The van der Waals surface area contributed by atoms with Crippen molar-refractivity contribution in [1.29, 1.82) is 0 Å². The van der Waals surface area contributed by atoms with Crippen LogP contribution < -0.4 is 14.5 Å². The number of pyridine rings is 1. The molecule has 0 radical (unpaired) electrons. The van der Waals surface area contributed by atoms with E-state index in [2.05, 4.69) is 4.90 Å². The number of hydrogen-bond acceptors (Lipinski definition) is 6. The summed E-state index contributed by atoms with van der Waals surface area (Å²) in [5.41, 5.74) is 2.84. The van der Waals surface area contributed by atoms with Crippen LogP contribution in [0.25, 0.3) is 0 Å². The van der Waals surface area contributed by atoms with Gasteiger partial charge in [0.15, 0.2) is 11.6 Å². The summed E-state index contributed by atoms with van der Waals surface area (Å²) in [5.74, 6) is 1.73. The molecule has 0 aliphatic carbocycles. The minimum Gasteiger partial charge on any atom is -0.497 e. The number of aromatic nitrogens is 1. The third-order valence-corrected chi connectivity index (χ3v) is 5.96. The lowest BCUT2D eigenvalue weighted by Gasteiger charge is -2.37. The van der Waals surface area contributed by atoms with E-state index in [1.54, 1.807) is 13.2 Å². The van der Waals surface area contributed by atoms with E-state index in [-0.39, 0.29) is 5.82 Å². The minimum absolute atomic E-state index is 0.273. The highest BCUT2D eigenvalue weighted by Gasteiger charge is 2.29.